The Morgan fingerprint density at radius 1 is 0.882 bits per heavy atom. The second kappa shape index (κ2) is 19.1. The lowest BCUT2D eigenvalue weighted by atomic mass is 10.0. The van der Waals surface area contributed by atoms with Gasteiger partial charge in [-0.05, 0) is 87.1 Å². The molecule has 0 bridgehead atoms. The number of aromatic nitrogens is 1. The van der Waals surface area contributed by atoms with Gasteiger partial charge in [-0.15, -0.1) is 0 Å². The molecule has 0 radical (unpaired) electrons. The van der Waals surface area contributed by atoms with Crippen molar-refractivity contribution in [1.29, 1.82) is 0 Å². The van der Waals surface area contributed by atoms with Crippen molar-refractivity contribution in [2.24, 2.45) is 5.73 Å². The number of benzene rings is 3. The van der Waals surface area contributed by atoms with Gasteiger partial charge in [-0.3, -0.25) is 14.4 Å². The highest BCUT2D eigenvalue weighted by Gasteiger charge is 2.34. The number of halogens is 1. The quantitative estimate of drug-likeness (QED) is 0.117. The Morgan fingerprint density at radius 2 is 1.63 bits per heavy atom. The van der Waals surface area contributed by atoms with Crippen molar-refractivity contribution in [1.82, 2.24) is 31.2 Å². The van der Waals surface area contributed by atoms with E-state index in [2.05, 4.69) is 26.3 Å². The summed E-state index contributed by atoms with van der Waals surface area (Å²) >= 11 is 8.35. The van der Waals surface area contributed by atoms with E-state index in [4.69, 9.17) is 17.3 Å². The van der Waals surface area contributed by atoms with Crippen LogP contribution >= 0.6 is 23.4 Å². The molecule has 0 fully saturated rings. The van der Waals surface area contributed by atoms with E-state index in [0.29, 0.717) is 43.8 Å². The van der Waals surface area contributed by atoms with Crippen LogP contribution in [0.2, 0.25) is 5.02 Å². The van der Waals surface area contributed by atoms with Gasteiger partial charge in [0.1, 0.15) is 12.1 Å². The van der Waals surface area contributed by atoms with E-state index < -0.39 is 18.1 Å². The van der Waals surface area contributed by atoms with Crippen LogP contribution in [-0.4, -0.2) is 72.9 Å². The minimum atomic E-state index is -0.854. The first-order valence-corrected chi connectivity index (χ1v) is 19.0. The van der Waals surface area contributed by atoms with Gasteiger partial charge in [0.25, 0.3) is 0 Å². The van der Waals surface area contributed by atoms with E-state index in [-0.39, 0.29) is 30.7 Å². The summed E-state index contributed by atoms with van der Waals surface area (Å²) in [5, 5.41) is 14.5. The maximum atomic E-state index is 14.4. The topological polar surface area (TPSA) is 144 Å². The number of para-hydroxylation sites is 1. The van der Waals surface area contributed by atoms with Crippen LogP contribution < -0.4 is 27.0 Å². The van der Waals surface area contributed by atoms with Crippen molar-refractivity contribution >= 4 is 52.0 Å². The highest BCUT2D eigenvalue weighted by Crippen LogP contribution is 2.38. The van der Waals surface area contributed by atoms with E-state index in [1.54, 1.807) is 18.8 Å². The Balaban J connectivity index is 1.54. The monoisotopic (exact) mass is 731 g/mol. The zero-order valence-electron chi connectivity index (χ0n) is 29.5. The smallest absolute Gasteiger partial charge is 0.245 e. The first-order valence-electron chi connectivity index (χ1n) is 17.8. The minimum absolute atomic E-state index is 0.222. The molecule has 0 saturated carbocycles. The fraction of sp³-hybridized carbons (Fsp3) is 0.410. The number of unbranched alkanes of at least 4 members (excludes halogenated alkanes) is 2. The molecule has 3 atom stereocenters. The Hall–Kier alpha value is -3.87. The van der Waals surface area contributed by atoms with E-state index >= 15 is 0 Å². The number of H-pyrrole nitrogens is 1. The third-order valence-electron chi connectivity index (χ3n) is 9.48. The Labute approximate surface area is 310 Å². The molecule has 10 nitrogen and oxygen atoms in total. The van der Waals surface area contributed by atoms with Crippen LogP contribution in [0.25, 0.3) is 10.9 Å². The predicted octanol–water partition coefficient (Wildman–Crippen LogP) is 5.13. The molecule has 7 N–H and O–H groups in total. The average Bonchev–Trinajstić information content (AvgIpc) is 3.55. The number of likely N-dealkylation sites (N-methyl/N-ethyl adjacent to an activating group) is 1. The number of aromatic amines is 1. The van der Waals surface area contributed by atoms with Gasteiger partial charge >= 0.3 is 0 Å². The van der Waals surface area contributed by atoms with E-state index in [9.17, 15) is 14.4 Å². The molecule has 5 rings (SSSR count). The number of rotatable bonds is 11. The lowest BCUT2D eigenvalue weighted by molar-refractivity contribution is -0.142. The van der Waals surface area contributed by atoms with Gasteiger partial charge in [0, 0.05) is 53.4 Å². The van der Waals surface area contributed by atoms with Gasteiger partial charge in [-0.2, -0.15) is 0 Å². The minimum Gasteiger partial charge on any atom is -0.361 e. The Morgan fingerprint density at radius 3 is 2.45 bits per heavy atom. The molecular formula is C39H50ClN7O3S. The molecule has 1 aromatic heterocycles. The predicted molar refractivity (Wildman–Crippen MR) is 206 cm³/mol. The van der Waals surface area contributed by atoms with Crippen LogP contribution in [0.15, 0.2) is 82.7 Å². The molecule has 0 saturated heterocycles. The lowest BCUT2D eigenvalue weighted by Crippen LogP contribution is -2.57. The molecule has 12 heteroatoms. The summed E-state index contributed by atoms with van der Waals surface area (Å²) in [5.74, 6) is -0.852. The zero-order valence-corrected chi connectivity index (χ0v) is 31.0. The van der Waals surface area contributed by atoms with Crippen LogP contribution in [0.3, 0.4) is 0 Å². The summed E-state index contributed by atoms with van der Waals surface area (Å²) in [6.07, 6.45) is 6.29. The first kappa shape index (κ1) is 38.4. The third kappa shape index (κ3) is 10.1. The van der Waals surface area contributed by atoms with Crippen molar-refractivity contribution < 1.29 is 14.4 Å². The normalized spacial score (nSPS) is 19.3. The number of hydrogen-bond donors (Lipinski definition) is 6. The van der Waals surface area contributed by atoms with Gasteiger partial charge < -0.3 is 36.9 Å². The number of hydrogen-bond acceptors (Lipinski definition) is 7. The number of amides is 3. The van der Waals surface area contributed by atoms with Crippen molar-refractivity contribution in [2.75, 3.05) is 27.2 Å². The van der Waals surface area contributed by atoms with Crippen LogP contribution in [-0.2, 0) is 33.9 Å². The molecule has 1 aliphatic heterocycles. The van der Waals surface area contributed by atoms with Gasteiger partial charge in [0.2, 0.25) is 17.7 Å². The highest BCUT2D eigenvalue weighted by atomic mass is 35.5. The van der Waals surface area contributed by atoms with Gasteiger partial charge in [-0.25, -0.2) is 0 Å². The summed E-state index contributed by atoms with van der Waals surface area (Å²) in [5.41, 5.74) is 9.58. The maximum Gasteiger partial charge on any atom is 0.245 e. The number of fused-ring (bicyclic) bond motifs is 3. The van der Waals surface area contributed by atoms with Crippen molar-refractivity contribution in [3.05, 3.63) is 94.6 Å². The molecule has 3 amide bonds. The SMILES string of the molecule is CNCCCC[C@@H]1NCc2ccccc2Sc2c(Cl)cccc2CNC(=O)[C@H](Cc2c[nH]c3ccccc23)N(C)C(=O)[C@H](CCCCN)NC1=O. The second-order valence-electron chi connectivity index (χ2n) is 13.1. The van der Waals surface area contributed by atoms with Gasteiger partial charge in [0.15, 0.2) is 0 Å². The molecular weight excluding hydrogens is 682 g/mol. The summed E-state index contributed by atoms with van der Waals surface area (Å²) in [6.45, 7) is 2.00. The lowest BCUT2D eigenvalue weighted by Gasteiger charge is -2.32. The molecule has 4 aromatic rings. The molecule has 0 unspecified atom stereocenters. The molecule has 51 heavy (non-hydrogen) atoms. The number of nitrogens with two attached hydrogens (primary N) is 1. The summed E-state index contributed by atoms with van der Waals surface area (Å²) in [7, 11) is 3.57. The summed E-state index contributed by atoms with van der Waals surface area (Å²) < 4.78 is 0. The van der Waals surface area contributed by atoms with Crippen molar-refractivity contribution in [2.45, 2.75) is 86.0 Å². The summed E-state index contributed by atoms with van der Waals surface area (Å²) in [6, 6.07) is 19.4. The first-order chi connectivity index (χ1) is 24.8. The van der Waals surface area contributed by atoms with Crippen molar-refractivity contribution in [3.63, 3.8) is 0 Å². The fourth-order valence-corrected chi connectivity index (χ4v) is 7.90. The fourth-order valence-electron chi connectivity index (χ4n) is 6.51. The standard InChI is InChI=1S/C39H50ClN7O3S/c1-42-21-10-8-17-32-37(48)46-33(18-7-9-20-41)39(50)47(2)34(22-28-25-43-31-16-5-4-14-29(28)31)38(49)45-24-27-13-11-15-30(40)36(27)51-35-19-6-3-12-26(35)23-44-32/h3-6,11-16,19,25,32-34,42-44H,7-10,17-18,20-24,41H2,1-2H3,(H,45,49)(H,46,48)/t32-,33-,34-/m0/s1. The summed E-state index contributed by atoms with van der Waals surface area (Å²) in [4.78, 5) is 49.4. The van der Waals surface area contributed by atoms with E-state index in [0.717, 1.165) is 56.8 Å². The second-order valence-corrected chi connectivity index (χ2v) is 14.5. The highest BCUT2D eigenvalue weighted by molar-refractivity contribution is 7.99. The van der Waals surface area contributed by atoms with Crippen LogP contribution in [0.1, 0.15) is 55.2 Å². The number of nitrogens with zero attached hydrogens (tertiary/aromatic N) is 1. The van der Waals surface area contributed by atoms with Gasteiger partial charge in [0.05, 0.1) is 11.1 Å². The molecule has 0 aliphatic carbocycles. The van der Waals surface area contributed by atoms with E-state index in [1.807, 2.05) is 80.0 Å². The van der Waals surface area contributed by atoms with Crippen LogP contribution in [0, 0.1) is 0 Å². The van der Waals surface area contributed by atoms with Gasteiger partial charge in [-0.1, -0.05) is 78.3 Å². The largest absolute Gasteiger partial charge is 0.361 e. The zero-order chi connectivity index (χ0) is 36.2. The number of nitrogens with one attached hydrogen (secondary N) is 5. The van der Waals surface area contributed by atoms with Crippen molar-refractivity contribution in [3.8, 4) is 0 Å². The molecule has 2 heterocycles. The number of carbonyl (C=O) groups is 3. The number of carbonyl (C=O) groups excluding carboxylic acids is 3. The van der Waals surface area contributed by atoms with E-state index in [1.165, 1.54) is 4.90 Å². The maximum absolute atomic E-state index is 14.4. The molecule has 3 aromatic carbocycles. The van der Waals surface area contributed by atoms with Crippen LogP contribution in [0.4, 0.5) is 0 Å². The van der Waals surface area contributed by atoms with Crippen LogP contribution in [0.5, 0.6) is 0 Å². The third-order valence-corrected chi connectivity index (χ3v) is 11.2. The Bertz CT molecular complexity index is 1780. The molecule has 272 valence electrons. The average molecular weight is 732 g/mol. The molecule has 0 spiro atoms. The Kier molecular flexibility index (Phi) is 14.4. The molecule has 1 aliphatic rings.